The first-order valence-electron chi connectivity index (χ1n) is 14.4. The van der Waals surface area contributed by atoms with E-state index < -0.39 is 5.72 Å². The van der Waals surface area contributed by atoms with Crippen LogP contribution in [-0.4, -0.2) is 38.7 Å². The number of aliphatic hydroxyl groups excluding tert-OH is 1. The van der Waals surface area contributed by atoms with Crippen molar-refractivity contribution >= 4 is 17.3 Å². The molecule has 1 aliphatic rings. The van der Waals surface area contributed by atoms with Crippen LogP contribution < -0.4 is 61.8 Å². The van der Waals surface area contributed by atoms with Crippen molar-refractivity contribution in [3.05, 3.63) is 59.0 Å². The number of esters is 1. The van der Waals surface area contributed by atoms with E-state index >= 15 is 0 Å². The molecule has 42 heavy (non-hydrogen) atoms. The summed E-state index contributed by atoms with van der Waals surface area (Å²) in [5, 5.41) is 27.4. The minimum atomic E-state index is -1.45. The van der Waals surface area contributed by atoms with Crippen LogP contribution >= 0.6 is 11.3 Å². The summed E-state index contributed by atoms with van der Waals surface area (Å²) in [7, 11) is 0. The zero-order valence-electron chi connectivity index (χ0n) is 26.2. The standard InChI is InChI=1S/C26H32N3O2S.C6H12O2.K.H2O/c1-17(2)29-26(3,31)23-13-19(20-9-11-21(16-30)27-14-20)10-12-22(23)24-15-28-25(32-24)18-7-5-4-6-8-18;1-4-6(7)8-5(2)3;;/h9-15,17-18,29-30H,4-8,16H2,1-3H3;5H,4H2,1-3H3;;1H2/q-1;;+1;. The normalized spacial score (nSPS) is 14.7. The second-order valence-electron chi connectivity index (χ2n) is 11.1. The summed E-state index contributed by atoms with van der Waals surface area (Å²) < 4.78 is 4.76. The molecule has 0 aliphatic heterocycles. The molecule has 3 aromatic rings. The van der Waals surface area contributed by atoms with Crippen LogP contribution in [0.3, 0.4) is 0 Å². The SMILES string of the molecule is CC(C)NC(C)([O-])c1cc(-c2ccc(CO)nc2)ccc1-c1cnc(C2CCCCC2)s1.CCC(=O)OC(C)C.O.[K+]. The number of aliphatic hydroxyl groups is 1. The fraction of sp³-hybridized carbons (Fsp3) is 0.531. The largest absolute Gasteiger partial charge is 1.00 e. The average molecular weight is 624 g/mol. The van der Waals surface area contributed by atoms with Crippen molar-refractivity contribution in [2.45, 2.75) is 110 Å². The van der Waals surface area contributed by atoms with E-state index in [-0.39, 0.29) is 81.6 Å². The Morgan fingerprint density at radius 1 is 1.10 bits per heavy atom. The first kappa shape index (κ1) is 39.0. The van der Waals surface area contributed by atoms with Gasteiger partial charge >= 0.3 is 57.4 Å². The van der Waals surface area contributed by atoms with E-state index in [2.05, 4.69) is 10.3 Å². The van der Waals surface area contributed by atoms with Crippen LogP contribution in [0.15, 0.2) is 42.7 Å². The van der Waals surface area contributed by atoms with Crippen LogP contribution in [0.5, 0.6) is 0 Å². The van der Waals surface area contributed by atoms with Crippen molar-refractivity contribution in [1.82, 2.24) is 15.3 Å². The minimum Gasteiger partial charge on any atom is -0.835 e. The maximum atomic E-state index is 13.7. The number of benzene rings is 1. The fourth-order valence-corrected chi connectivity index (χ4v) is 6.07. The number of rotatable bonds is 9. The maximum absolute atomic E-state index is 13.7. The van der Waals surface area contributed by atoms with Crippen LogP contribution in [0, 0.1) is 0 Å². The van der Waals surface area contributed by atoms with Gasteiger partial charge in [-0.2, -0.15) is 0 Å². The maximum Gasteiger partial charge on any atom is 1.00 e. The Labute approximate surface area is 297 Å². The number of ether oxygens (including phenoxy) is 1. The molecule has 1 unspecified atom stereocenters. The molecule has 0 saturated heterocycles. The zero-order chi connectivity index (χ0) is 29.3. The van der Waals surface area contributed by atoms with Gasteiger partial charge in [-0.1, -0.05) is 65.2 Å². The first-order chi connectivity index (χ1) is 19.0. The van der Waals surface area contributed by atoms with Gasteiger partial charge in [-0.05, 0) is 61.2 Å². The van der Waals surface area contributed by atoms with Crippen LogP contribution in [-0.2, 0) is 21.9 Å². The van der Waals surface area contributed by atoms with E-state index in [1.165, 1.54) is 37.1 Å². The number of hydrogen-bond acceptors (Lipinski definition) is 8. The number of aromatic nitrogens is 2. The molecular weight excluding hydrogens is 578 g/mol. The summed E-state index contributed by atoms with van der Waals surface area (Å²) in [6.45, 7) is 11.1. The van der Waals surface area contributed by atoms with Gasteiger partial charge in [-0.25, -0.2) is 4.98 Å². The average Bonchev–Trinajstić information content (AvgIpc) is 3.43. The second-order valence-corrected chi connectivity index (χ2v) is 12.1. The van der Waals surface area contributed by atoms with E-state index in [9.17, 15) is 15.0 Å². The number of pyridine rings is 1. The molecule has 10 heteroatoms. The van der Waals surface area contributed by atoms with Crippen molar-refractivity contribution < 1.29 is 76.6 Å². The molecule has 0 spiro atoms. The predicted molar refractivity (Wildman–Crippen MR) is 163 cm³/mol. The van der Waals surface area contributed by atoms with E-state index in [4.69, 9.17) is 9.72 Å². The molecule has 1 aromatic carbocycles. The van der Waals surface area contributed by atoms with E-state index in [0.29, 0.717) is 23.6 Å². The molecule has 2 aromatic heterocycles. The van der Waals surface area contributed by atoms with Gasteiger partial charge in [0.2, 0.25) is 0 Å². The molecule has 0 radical (unpaired) electrons. The number of thiazole rings is 1. The van der Waals surface area contributed by atoms with E-state index in [0.717, 1.165) is 21.6 Å². The second kappa shape index (κ2) is 18.7. The molecule has 1 fully saturated rings. The number of nitrogens with zero attached hydrogens (tertiary/aromatic N) is 2. The third-order valence-electron chi connectivity index (χ3n) is 6.82. The van der Waals surface area contributed by atoms with Crippen LogP contribution in [0.25, 0.3) is 21.6 Å². The van der Waals surface area contributed by atoms with E-state index in [1.54, 1.807) is 31.4 Å². The van der Waals surface area contributed by atoms with Crippen LogP contribution in [0.1, 0.15) is 102 Å². The number of carbonyl (C=O) groups is 1. The van der Waals surface area contributed by atoms with Gasteiger partial charge < -0.3 is 25.7 Å². The van der Waals surface area contributed by atoms with Gasteiger partial charge in [0.15, 0.2) is 0 Å². The Kier molecular flexibility index (Phi) is 17.3. The Balaban J connectivity index is 0.000000778. The number of carbonyl (C=O) groups excluding carboxylic acids is 1. The molecule has 4 N–H and O–H groups in total. The van der Waals surface area contributed by atoms with Crippen molar-refractivity contribution in [2.24, 2.45) is 0 Å². The molecule has 2 heterocycles. The quantitative estimate of drug-likeness (QED) is 0.212. The van der Waals surface area contributed by atoms with Gasteiger partial charge in [-0.3, -0.25) is 9.78 Å². The van der Waals surface area contributed by atoms with Crippen molar-refractivity contribution in [3.63, 3.8) is 0 Å². The zero-order valence-corrected chi connectivity index (χ0v) is 30.1. The van der Waals surface area contributed by atoms with Crippen LogP contribution in [0.4, 0.5) is 0 Å². The summed E-state index contributed by atoms with van der Waals surface area (Å²) in [5.41, 5.74) is 2.69. The van der Waals surface area contributed by atoms with Gasteiger partial charge in [0, 0.05) is 36.3 Å². The molecule has 0 amide bonds. The molecule has 8 nitrogen and oxygen atoms in total. The molecular formula is C32H46KN3O5S. The summed E-state index contributed by atoms with van der Waals surface area (Å²) >= 11 is 1.73. The number of nitrogens with one attached hydrogen (secondary N) is 1. The molecule has 1 aliphatic carbocycles. The van der Waals surface area contributed by atoms with Gasteiger partial charge in [-0.15, -0.1) is 11.3 Å². The monoisotopic (exact) mass is 623 g/mol. The topological polar surface area (TPSA) is 139 Å². The third-order valence-corrected chi connectivity index (χ3v) is 8.01. The molecule has 0 bridgehead atoms. The number of hydrogen-bond donors (Lipinski definition) is 2. The van der Waals surface area contributed by atoms with Gasteiger partial charge in [0.25, 0.3) is 0 Å². The predicted octanol–water partition coefficient (Wildman–Crippen LogP) is 2.47. The van der Waals surface area contributed by atoms with Crippen molar-refractivity contribution in [1.29, 1.82) is 0 Å². The Morgan fingerprint density at radius 3 is 2.29 bits per heavy atom. The summed E-state index contributed by atoms with van der Waals surface area (Å²) in [6, 6.07) is 9.86. The molecule has 1 saturated carbocycles. The van der Waals surface area contributed by atoms with Gasteiger partial charge in [0.05, 0.1) is 28.3 Å². The summed E-state index contributed by atoms with van der Waals surface area (Å²) in [4.78, 5) is 20.5. The van der Waals surface area contributed by atoms with E-state index in [1.807, 2.05) is 64.2 Å². The van der Waals surface area contributed by atoms with Gasteiger partial charge in [0.1, 0.15) is 0 Å². The van der Waals surface area contributed by atoms with Crippen LogP contribution in [0.2, 0.25) is 0 Å². The third kappa shape index (κ3) is 11.5. The molecule has 226 valence electrons. The summed E-state index contributed by atoms with van der Waals surface area (Å²) in [6.07, 6.45) is 10.5. The first-order valence-corrected chi connectivity index (χ1v) is 15.2. The molecule has 4 rings (SSSR count). The van der Waals surface area contributed by atoms with Crippen molar-refractivity contribution in [2.75, 3.05) is 0 Å². The fourth-order valence-electron chi connectivity index (χ4n) is 4.95. The Hall–Kier alpha value is -1.05. The smallest absolute Gasteiger partial charge is 0.835 e. The summed E-state index contributed by atoms with van der Waals surface area (Å²) in [5.74, 6) is 0.425. The Bertz CT molecular complexity index is 1230. The minimum absolute atomic E-state index is 0. The van der Waals surface area contributed by atoms with Crippen molar-refractivity contribution in [3.8, 4) is 21.6 Å². The molecule has 1 atom stereocenters. The Morgan fingerprint density at radius 2 is 1.76 bits per heavy atom.